The number of rotatable bonds is 3. The van der Waals surface area contributed by atoms with E-state index in [1.165, 1.54) is 48.6 Å². The number of nitrogens with zero attached hydrogens (tertiary/aromatic N) is 1. The van der Waals surface area contributed by atoms with Gasteiger partial charge in [0.25, 0.3) is 0 Å². The third-order valence-corrected chi connectivity index (χ3v) is 6.05. The van der Waals surface area contributed by atoms with Crippen molar-refractivity contribution in [2.45, 2.75) is 37.1 Å². The highest BCUT2D eigenvalue weighted by molar-refractivity contribution is 7.99. The van der Waals surface area contributed by atoms with E-state index in [9.17, 15) is 0 Å². The molecule has 2 aliphatic rings. The van der Waals surface area contributed by atoms with E-state index < -0.39 is 0 Å². The van der Waals surface area contributed by atoms with Crippen LogP contribution in [0.15, 0.2) is 29.2 Å². The molecule has 1 unspecified atom stereocenters. The molecule has 0 spiro atoms. The van der Waals surface area contributed by atoms with Crippen LogP contribution in [-0.4, -0.2) is 37.3 Å². The largest absolute Gasteiger partial charge is 0.309 e. The molecule has 1 saturated heterocycles. The third-order valence-electron chi connectivity index (χ3n) is 4.93. The van der Waals surface area contributed by atoms with Crippen LogP contribution in [-0.2, 0) is 0 Å². The summed E-state index contributed by atoms with van der Waals surface area (Å²) in [5.74, 6) is 1.24. The van der Waals surface area contributed by atoms with Crippen molar-refractivity contribution in [1.29, 1.82) is 0 Å². The van der Waals surface area contributed by atoms with Crippen LogP contribution in [0.3, 0.4) is 0 Å². The summed E-state index contributed by atoms with van der Waals surface area (Å²) in [4.78, 5) is 3.93. The maximum Gasteiger partial charge on any atom is 0.0339 e. The summed E-state index contributed by atoms with van der Waals surface area (Å²) in [5, 5.41) is 3.87. The molecule has 2 heterocycles. The minimum absolute atomic E-state index is 0.478. The smallest absolute Gasteiger partial charge is 0.0339 e. The molecule has 1 fully saturated rings. The first-order chi connectivity index (χ1) is 9.66. The van der Waals surface area contributed by atoms with Crippen LogP contribution in [0.25, 0.3) is 0 Å². The maximum atomic E-state index is 3.87. The second-order valence-corrected chi connectivity index (χ2v) is 7.86. The first-order valence-electron chi connectivity index (χ1n) is 7.80. The van der Waals surface area contributed by atoms with E-state index in [0.29, 0.717) is 11.5 Å². The van der Waals surface area contributed by atoms with Gasteiger partial charge in [0.1, 0.15) is 0 Å². The van der Waals surface area contributed by atoms with E-state index in [4.69, 9.17) is 0 Å². The van der Waals surface area contributed by atoms with E-state index >= 15 is 0 Å². The summed E-state index contributed by atoms with van der Waals surface area (Å²) >= 11 is 2.01. The van der Waals surface area contributed by atoms with E-state index in [-0.39, 0.29) is 0 Å². The summed E-state index contributed by atoms with van der Waals surface area (Å²) in [6.07, 6.45) is 3.90. The van der Waals surface area contributed by atoms with Gasteiger partial charge in [-0.2, -0.15) is 0 Å². The molecule has 3 heteroatoms. The van der Waals surface area contributed by atoms with E-state index in [0.717, 1.165) is 6.54 Å². The predicted molar refractivity (Wildman–Crippen MR) is 87.4 cm³/mol. The molecule has 1 aromatic carbocycles. The Bertz CT molecular complexity index is 452. The number of thioether (sulfide) groups is 1. The van der Waals surface area contributed by atoms with Crippen molar-refractivity contribution in [1.82, 2.24) is 10.2 Å². The van der Waals surface area contributed by atoms with E-state index in [1.807, 2.05) is 11.8 Å². The zero-order valence-electron chi connectivity index (χ0n) is 12.7. The molecule has 2 aliphatic heterocycles. The minimum atomic E-state index is 0.478. The molecule has 3 rings (SSSR count). The lowest BCUT2D eigenvalue weighted by Gasteiger charge is -2.39. The Morgan fingerprint density at radius 3 is 2.85 bits per heavy atom. The number of benzene rings is 1. The van der Waals surface area contributed by atoms with E-state index in [2.05, 4.69) is 48.5 Å². The van der Waals surface area contributed by atoms with Crippen molar-refractivity contribution in [2.24, 2.45) is 5.41 Å². The average Bonchev–Trinajstić information content (AvgIpc) is 2.49. The van der Waals surface area contributed by atoms with Gasteiger partial charge >= 0.3 is 0 Å². The summed E-state index contributed by atoms with van der Waals surface area (Å²) in [5.41, 5.74) is 1.99. The Balaban J connectivity index is 1.62. The fraction of sp³-hybridized carbons (Fsp3) is 0.647. The number of piperidine rings is 1. The second kappa shape index (κ2) is 6.08. The predicted octanol–water partition coefficient (Wildman–Crippen LogP) is 3.55. The monoisotopic (exact) mass is 290 g/mol. The van der Waals surface area contributed by atoms with Crippen molar-refractivity contribution < 1.29 is 0 Å². The normalized spacial score (nSPS) is 26.2. The topological polar surface area (TPSA) is 15.3 Å². The third kappa shape index (κ3) is 3.21. The Labute approximate surface area is 127 Å². The molecule has 0 bridgehead atoms. The van der Waals surface area contributed by atoms with Crippen molar-refractivity contribution >= 4 is 11.8 Å². The van der Waals surface area contributed by atoms with Gasteiger partial charge in [-0.15, -0.1) is 11.8 Å². The standard InChI is InChI=1S/C17H26N2S/c1-17(8-10-19(2)11-9-17)13-18-15-7-12-20-16-6-4-3-5-14(15)16/h3-6,15,18H,7-13H2,1-2H3. The van der Waals surface area contributed by atoms with Crippen LogP contribution in [0.4, 0.5) is 0 Å². The number of hydrogen-bond acceptors (Lipinski definition) is 3. The van der Waals surface area contributed by atoms with Crippen molar-refractivity contribution in [3.8, 4) is 0 Å². The zero-order valence-corrected chi connectivity index (χ0v) is 13.5. The van der Waals surface area contributed by atoms with Gasteiger partial charge in [0, 0.05) is 17.5 Å². The molecule has 0 radical (unpaired) electrons. The van der Waals surface area contributed by atoms with E-state index in [1.54, 1.807) is 0 Å². The lowest BCUT2D eigenvalue weighted by molar-refractivity contribution is 0.133. The molecule has 0 amide bonds. The van der Waals surface area contributed by atoms with Crippen LogP contribution in [0.5, 0.6) is 0 Å². The number of likely N-dealkylation sites (tertiary alicyclic amines) is 1. The number of hydrogen-bond donors (Lipinski definition) is 1. The molecular weight excluding hydrogens is 264 g/mol. The highest BCUT2D eigenvalue weighted by atomic mass is 32.2. The summed E-state index contributed by atoms with van der Waals surface area (Å²) < 4.78 is 0. The number of fused-ring (bicyclic) bond motifs is 1. The van der Waals surface area contributed by atoms with Gasteiger partial charge in [-0.05, 0) is 62.2 Å². The molecule has 1 atom stereocenters. The van der Waals surface area contributed by atoms with Gasteiger partial charge in [0.05, 0.1) is 0 Å². The highest BCUT2D eigenvalue weighted by Crippen LogP contribution is 2.37. The molecule has 1 aromatic rings. The Kier molecular flexibility index (Phi) is 4.39. The SMILES string of the molecule is CN1CCC(C)(CNC2CCSc3ccccc32)CC1. The maximum absolute atomic E-state index is 3.87. The van der Waals surface area contributed by atoms with Gasteiger partial charge in [0.2, 0.25) is 0 Å². The van der Waals surface area contributed by atoms with Gasteiger partial charge in [-0.3, -0.25) is 0 Å². The minimum Gasteiger partial charge on any atom is -0.309 e. The first kappa shape index (κ1) is 14.4. The molecule has 0 aromatic heterocycles. The molecule has 110 valence electrons. The van der Waals surface area contributed by atoms with Gasteiger partial charge in [-0.25, -0.2) is 0 Å². The van der Waals surface area contributed by atoms with Crippen molar-refractivity contribution in [3.63, 3.8) is 0 Å². The van der Waals surface area contributed by atoms with Crippen molar-refractivity contribution in [2.75, 3.05) is 32.4 Å². The molecular formula is C17H26N2S. The Morgan fingerprint density at radius 1 is 1.30 bits per heavy atom. The molecule has 0 aliphatic carbocycles. The van der Waals surface area contributed by atoms with Crippen LogP contribution >= 0.6 is 11.8 Å². The fourth-order valence-electron chi connectivity index (χ4n) is 3.26. The quantitative estimate of drug-likeness (QED) is 0.916. The van der Waals surface area contributed by atoms with Crippen LogP contribution in [0.2, 0.25) is 0 Å². The van der Waals surface area contributed by atoms with Gasteiger partial charge in [0.15, 0.2) is 0 Å². The summed E-state index contributed by atoms with van der Waals surface area (Å²) in [6, 6.07) is 9.47. The Hall–Kier alpha value is -0.510. The Morgan fingerprint density at radius 2 is 2.05 bits per heavy atom. The lowest BCUT2D eigenvalue weighted by atomic mass is 9.80. The zero-order chi connectivity index (χ0) is 14.0. The van der Waals surface area contributed by atoms with Crippen molar-refractivity contribution in [3.05, 3.63) is 29.8 Å². The molecule has 1 N–H and O–H groups in total. The van der Waals surface area contributed by atoms with Gasteiger partial charge < -0.3 is 10.2 Å². The van der Waals surface area contributed by atoms with Crippen LogP contribution in [0, 0.1) is 5.41 Å². The first-order valence-corrected chi connectivity index (χ1v) is 8.79. The highest BCUT2D eigenvalue weighted by Gasteiger charge is 2.30. The molecule has 20 heavy (non-hydrogen) atoms. The lowest BCUT2D eigenvalue weighted by Crippen LogP contribution is -2.43. The fourth-order valence-corrected chi connectivity index (χ4v) is 4.38. The van der Waals surface area contributed by atoms with Gasteiger partial charge in [-0.1, -0.05) is 25.1 Å². The average molecular weight is 290 g/mol. The van der Waals surface area contributed by atoms with Crippen LogP contribution in [0.1, 0.15) is 37.8 Å². The molecule has 2 nitrogen and oxygen atoms in total. The number of nitrogens with one attached hydrogen (secondary N) is 1. The molecule has 0 saturated carbocycles. The van der Waals surface area contributed by atoms with Crippen LogP contribution < -0.4 is 5.32 Å². The summed E-state index contributed by atoms with van der Waals surface area (Å²) in [6.45, 7) is 6.10. The second-order valence-electron chi connectivity index (χ2n) is 6.72. The summed E-state index contributed by atoms with van der Waals surface area (Å²) in [7, 11) is 2.24.